The van der Waals surface area contributed by atoms with Crippen LogP contribution in [0.2, 0.25) is 0 Å². The maximum atomic E-state index is 11.0. The van der Waals surface area contributed by atoms with E-state index in [0.717, 1.165) is 31.6 Å². The van der Waals surface area contributed by atoms with E-state index in [1.807, 2.05) is 6.07 Å². The Morgan fingerprint density at radius 2 is 2.38 bits per heavy atom. The number of hydrogen-bond acceptors (Lipinski definition) is 4. The molecule has 1 saturated heterocycles. The number of anilines is 1. The summed E-state index contributed by atoms with van der Waals surface area (Å²) in [4.78, 5) is 17.3. The summed E-state index contributed by atoms with van der Waals surface area (Å²) >= 11 is 0. The Labute approximate surface area is 94.4 Å². The fourth-order valence-corrected chi connectivity index (χ4v) is 2.00. The van der Waals surface area contributed by atoms with Crippen molar-refractivity contribution in [3.8, 4) is 0 Å². The highest BCUT2D eigenvalue weighted by molar-refractivity contribution is 5.77. The number of pyridine rings is 1. The second-order valence-electron chi connectivity index (χ2n) is 4.21. The van der Waals surface area contributed by atoms with E-state index in [9.17, 15) is 4.79 Å². The molecular formula is C11H16N4O. The van der Waals surface area contributed by atoms with Gasteiger partial charge in [-0.1, -0.05) is 6.07 Å². The molecule has 4 N–H and O–H groups in total. The van der Waals surface area contributed by atoms with Gasteiger partial charge in [0.25, 0.3) is 0 Å². The van der Waals surface area contributed by atoms with Gasteiger partial charge < -0.3 is 11.5 Å². The van der Waals surface area contributed by atoms with Crippen LogP contribution in [-0.2, 0) is 11.3 Å². The molecule has 5 heteroatoms. The van der Waals surface area contributed by atoms with Crippen LogP contribution in [0.15, 0.2) is 18.3 Å². The third-order valence-corrected chi connectivity index (χ3v) is 2.93. The zero-order valence-electron chi connectivity index (χ0n) is 9.10. The van der Waals surface area contributed by atoms with Gasteiger partial charge in [0.05, 0.1) is 5.92 Å². The van der Waals surface area contributed by atoms with Gasteiger partial charge in [-0.15, -0.1) is 0 Å². The van der Waals surface area contributed by atoms with E-state index in [2.05, 4.69) is 9.88 Å². The monoisotopic (exact) mass is 220 g/mol. The van der Waals surface area contributed by atoms with Crippen LogP contribution in [0.3, 0.4) is 0 Å². The van der Waals surface area contributed by atoms with Crippen LogP contribution in [0, 0.1) is 5.92 Å². The number of aromatic nitrogens is 1. The summed E-state index contributed by atoms with van der Waals surface area (Å²) in [7, 11) is 0. The molecule has 2 heterocycles. The summed E-state index contributed by atoms with van der Waals surface area (Å²) in [5, 5.41) is 0. The fourth-order valence-electron chi connectivity index (χ4n) is 2.00. The molecule has 0 bridgehead atoms. The Balaban J connectivity index is 1.92. The molecule has 5 nitrogen and oxygen atoms in total. The van der Waals surface area contributed by atoms with Gasteiger partial charge in [-0.25, -0.2) is 4.98 Å². The van der Waals surface area contributed by atoms with E-state index in [4.69, 9.17) is 11.5 Å². The Hall–Kier alpha value is -1.62. The number of likely N-dealkylation sites (tertiary alicyclic amines) is 1. The smallest absolute Gasteiger partial charge is 0.221 e. The molecular weight excluding hydrogens is 204 g/mol. The molecule has 0 saturated carbocycles. The van der Waals surface area contributed by atoms with Crippen LogP contribution in [0.5, 0.6) is 0 Å². The molecule has 1 aromatic rings. The van der Waals surface area contributed by atoms with Gasteiger partial charge in [-0.2, -0.15) is 0 Å². The van der Waals surface area contributed by atoms with Crippen molar-refractivity contribution in [1.29, 1.82) is 0 Å². The molecule has 1 aliphatic heterocycles. The van der Waals surface area contributed by atoms with Crippen molar-refractivity contribution in [3.05, 3.63) is 23.9 Å². The predicted molar refractivity (Wildman–Crippen MR) is 61.2 cm³/mol. The normalized spacial score (nSPS) is 21.1. The number of nitrogens with two attached hydrogens (primary N) is 2. The number of amides is 1. The molecule has 0 aliphatic carbocycles. The fraction of sp³-hybridized carbons (Fsp3) is 0.455. The zero-order chi connectivity index (χ0) is 11.5. The number of nitrogen functional groups attached to an aromatic ring is 1. The van der Waals surface area contributed by atoms with Crippen LogP contribution >= 0.6 is 0 Å². The average Bonchev–Trinajstić information content (AvgIpc) is 2.70. The number of nitrogens with zero attached hydrogens (tertiary/aromatic N) is 2. The van der Waals surface area contributed by atoms with Gasteiger partial charge in [0.1, 0.15) is 5.82 Å². The number of rotatable bonds is 3. The second-order valence-corrected chi connectivity index (χ2v) is 4.21. The molecule has 2 rings (SSSR count). The van der Waals surface area contributed by atoms with E-state index in [0.29, 0.717) is 5.82 Å². The van der Waals surface area contributed by atoms with Gasteiger partial charge in [0.2, 0.25) is 5.91 Å². The van der Waals surface area contributed by atoms with Gasteiger partial charge >= 0.3 is 0 Å². The molecule has 0 spiro atoms. The quantitative estimate of drug-likeness (QED) is 0.749. The number of hydrogen-bond donors (Lipinski definition) is 2. The van der Waals surface area contributed by atoms with Crippen LogP contribution in [0.4, 0.5) is 5.82 Å². The SMILES string of the molecule is NC(=O)C1CCN(Cc2ccc(N)nc2)C1. The molecule has 0 radical (unpaired) electrons. The van der Waals surface area contributed by atoms with Crippen molar-refractivity contribution in [2.75, 3.05) is 18.8 Å². The number of carbonyl (C=O) groups is 1. The topological polar surface area (TPSA) is 85.2 Å². The van der Waals surface area contributed by atoms with E-state index in [-0.39, 0.29) is 11.8 Å². The summed E-state index contributed by atoms with van der Waals surface area (Å²) in [5.41, 5.74) is 11.9. The second kappa shape index (κ2) is 4.49. The van der Waals surface area contributed by atoms with Crippen LogP contribution < -0.4 is 11.5 Å². The van der Waals surface area contributed by atoms with Crippen LogP contribution in [-0.4, -0.2) is 28.9 Å². The van der Waals surface area contributed by atoms with Crippen molar-refractivity contribution < 1.29 is 4.79 Å². The molecule has 1 aliphatic rings. The van der Waals surface area contributed by atoms with E-state index in [1.165, 1.54) is 0 Å². The average molecular weight is 220 g/mol. The van der Waals surface area contributed by atoms with Gasteiger partial charge in [0, 0.05) is 19.3 Å². The van der Waals surface area contributed by atoms with Crippen molar-refractivity contribution in [3.63, 3.8) is 0 Å². The summed E-state index contributed by atoms with van der Waals surface area (Å²) in [5.74, 6) is 0.333. The highest BCUT2D eigenvalue weighted by Gasteiger charge is 2.26. The first-order valence-electron chi connectivity index (χ1n) is 5.37. The minimum Gasteiger partial charge on any atom is -0.384 e. The minimum atomic E-state index is -0.196. The summed E-state index contributed by atoms with van der Waals surface area (Å²) in [6, 6.07) is 3.75. The Morgan fingerprint density at radius 3 is 2.94 bits per heavy atom. The van der Waals surface area contributed by atoms with Gasteiger partial charge in [-0.3, -0.25) is 9.69 Å². The number of primary amides is 1. The summed E-state index contributed by atoms with van der Waals surface area (Å²) in [6.07, 6.45) is 2.63. The molecule has 1 fully saturated rings. The first-order valence-corrected chi connectivity index (χ1v) is 5.37. The molecule has 16 heavy (non-hydrogen) atoms. The molecule has 1 aromatic heterocycles. The first kappa shape index (κ1) is 10.9. The van der Waals surface area contributed by atoms with Crippen LogP contribution in [0.1, 0.15) is 12.0 Å². The zero-order valence-corrected chi connectivity index (χ0v) is 9.10. The van der Waals surface area contributed by atoms with E-state index >= 15 is 0 Å². The number of carbonyl (C=O) groups excluding carboxylic acids is 1. The molecule has 1 amide bonds. The Kier molecular flexibility index (Phi) is 3.05. The molecule has 0 aromatic carbocycles. The van der Waals surface area contributed by atoms with E-state index < -0.39 is 0 Å². The lowest BCUT2D eigenvalue weighted by Crippen LogP contribution is -2.27. The third-order valence-electron chi connectivity index (χ3n) is 2.93. The highest BCUT2D eigenvalue weighted by Crippen LogP contribution is 2.18. The Morgan fingerprint density at radius 1 is 1.56 bits per heavy atom. The Bertz CT molecular complexity index is 376. The lowest BCUT2D eigenvalue weighted by molar-refractivity contribution is -0.121. The van der Waals surface area contributed by atoms with Crippen molar-refractivity contribution >= 4 is 11.7 Å². The van der Waals surface area contributed by atoms with Crippen molar-refractivity contribution in [2.45, 2.75) is 13.0 Å². The lowest BCUT2D eigenvalue weighted by atomic mass is 10.1. The molecule has 1 atom stereocenters. The standard InChI is InChI=1S/C11H16N4O/c12-10-2-1-8(5-14-10)6-15-4-3-9(7-15)11(13)16/h1-2,5,9H,3-4,6-7H2,(H2,12,14)(H2,13,16). The van der Waals surface area contributed by atoms with Crippen LogP contribution in [0.25, 0.3) is 0 Å². The maximum Gasteiger partial charge on any atom is 0.221 e. The largest absolute Gasteiger partial charge is 0.384 e. The van der Waals surface area contributed by atoms with Gasteiger partial charge in [0.15, 0.2) is 0 Å². The third kappa shape index (κ3) is 2.49. The highest BCUT2D eigenvalue weighted by atomic mass is 16.1. The first-order chi connectivity index (χ1) is 7.65. The predicted octanol–water partition coefficient (Wildman–Crippen LogP) is -0.0290. The molecule has 86 valence electrons. The lowest BCUT2D eigenvalue weighted by Gasteiger charge is -2.14. The summed E-state index contributed by atoms with van der Waals surface area (Å²) in [6.45, 7) is 2.47. The van der Waals surface area contributed by atoms with Gasteiger partial charge in [-0.05, 0) is 24.6 Å². The maximum absolute atomic E-state index is 11.0. The van der Waals surface area contributed by atoms with E-state index in [1.54, 1.807) is 12.3 Å². The van der Waals surface area contributed by atoms with Crippen molar-refractivity contribution in [1.82, 2.24) is 9.88 Å². The summed E-state index contributed by atoms with van der Waals surface area (Å²) < 4.78 is 0. The molecule has 1 unspecified atom stereocenters. The minimum absolute atomic E-state index is 0.00161. The van der Waals surface area contributed by atoms with Crippen molar-refractivity contribution in [2.24, 2.45) is 11.7 Å².